The number of carbonyl (C=O) groups excluding carboxylic acids is 2. The first-order chi connectivity index (χ1) is 14.7. The normalized spacial score (nSPS) is 10.3. The van der Waals surface area contributed by atoms with Crippen LogP contribution in [0.5, 0.6) is 0 Å². The molecule has 6 nitrogen and oxygen atoms in total. The lowest BCUT2D eigenvalue weighted by Gasteiger charge is -2.23. The van der Waals surface area contributed by atoms with E-state index in [4.69, 9.17) is 0 Å². The van der Waals surface area contributed by atoms with Crippen LogP contribution in [-0.4, -0.2) is 16.5 Å². The third-order valence-corrected chi connectivity index (χ3v) is 4.55. The predicted molar refractivity (Wildman–Crippen MR) is 117 cm³/mol. The Bertz CT molecular complexity index is 1090. The number of nitrogens with zero attached hydrogens (tertiary/aromatic N) is 2. The first kappa shape index (κ1) is 19.0. The van der Waals surface area contributed by atoms with E-state index < -0.39 is 11.9 Å². The second-order valence-corrected chi connectivity index (χ2v) is 6.50. The molecule has 6 heteroatoms. The van der Waals surface area contributed by atoms with Gasteiger partial charge in [0.05, 0.1) is 22.6 Å². The maximum Gasteiger partial charge on any atom is 0.345 e. The lowest BCUT2D eigenvalue weighted by molar-refractivity contribution is 0.0937. The third-order valence-electron chi connectivity index (χ3n) is 4.55. The first-order valence-corrected chi connectivity index (χ1v) is 9.47. The van der Waals surface area contributed by atoms with Gasteiger partial charge in [-0.3, -0.25) is 15.1 Å². The van der Waals surface area contributed by atoms with E-state index in [-0.39, 0.29) is 0 Å². The molecule has 4 rings (SSSR count). The molecule has 0 aliphatic rings. The quantitative estimate of drug-likeness (QED) is 0.492. The van der Waals surface area contributed by atoms with E-state index in [2.05, 4.69) is 10.9 Å². The Hall–Kier alpha value is -4.32. The summed E-state index contributed by atoms with van der Waals surface area (Å²) in [7, 11) is 0. The van der Waals surface area contributed by atoms with Crippen molar-refractivity contribution < 1.29 is 9.59 Å². The van der Waals surface area contributed by atoms with Crippen LogP contribution < -0.4 is 15.8 Å². The maximum atomic E-state index is 13.0. The monoisotopic (exact) mass is 396 g/mol. The number of rotatable bonds is 4. The largest absolute Gasteiger partial charge is 0.345 e. The van der Waals surface area contributed by atoms with Crippen molar-refractivity contribution >= 4 is 23.3 Å². The fourth-order valence-corrected chi connectivity index (χ4v) is 3.16. The smallest absolute Gasteiger partial charge is 0.323 e. The van der Waals surface area contributed by atoms with Gasteiger partial charge in [0, 0.05) is 12.4 Å². The van der Waals surface area contributed by atoms with Crippen LogP contribution in [0.4, 0.5) is 16.2 Å². The van der Waals surface area contributed by atoms with Gasteiger partial charge in [0.2, 0.25) is 0 Å². The number of anilines is 2. The number of hydrogen-bond donors (Lipinski definition) is 2. The van der Waals surface area contributed by atoms with Crippen LogP contribution in [0.1, 0.15) is 10.4 Å². The number of hydrazine groups is 1. The van der Waals surface area contributed by atoms with Crippen LogP contribution in [0, 0.1) is 0 Å². The molecule has 0 unspecified atom stereocenters. The van der Waals surface area contributed by atoms with Crippen molar-refractivity contribution in [3.63, 3.8) is 0 Å². The van der Waals surface area contributed by atoms with Gasteiger partial charge in [0.15, 0.2) is 0 Å². The summed E-state index contributed by atoms with van der Waals surface area (Å²) < 4.78 is 1.84. The Morgan fingerprint density at radius 3 is 1.77 bits per heavy atom. The van der Waals surface area contributed by atoms with Gasteiger partial charge < -0.3 is 4.57 Å². The molecule has 0 bridgehead atoms. The predicted octanol–water partition coefficient (Wildman–Crippen LogP) is 4.67. The molecule has 3 amide bonds. The van der Waals surface area contributed by atoms with Gasteiger partial charge in [-0.25, -0.2) is 10.2 Å². The molecule has 1 heterocycles. The summed E-state index contributed by atoms with van der Waals surface area (Å²) in [5.74, 6) is -0.409. The molecule has 0 radical (unpaired) electrons. The summed E-state index contributed by atoms with van der Waals surface area (Å²) in [5, 5.41) is 0. The van der Waals surface area contributed by atoms with Gasteiger partial charge in [0.1, 0.15) is 0 Å². The van der Waals surface area contributed by atoms with Crippen molar-refractivity contribution in [1.29, 1.82) is 0 Å². The summed E-state index contributed by atoms with van der Waals surface area (Å²) >= 11 is 0. The van der Waals surface area contributed by atoms with Crippen molar-refractivity contribution in [3.8, 4) is 5.69 Å². The third kappa shape index (κ3) is 4.07. The number of hydrogen-bond acceptors (Lipinski definition) is 2. The Balaban J connectivity index is 1.54. The zero-order valence-corrected chi connectivity index (χ0v) is 16.1. The molecular weight excluding hydrogens is 376 g/mol. The molecule has 4 aromatic rings. The van der Waals surface area contributed by atoms with Crippen LogP contribution in [0.2, 0.25) is 0 Å². The molecule has 3 aromatic carbocycles. The van der Waals surface area contributed by atoms with Gasteiger partial charge in [-0.1, -0.05) is 48.5 Å². The fourth-order valence-electron chi connectivity index (χ4n) is 3.16. The highest BCUT2D eigenvalue weighted by molar-refractivity contribution is 6.02. The Morgan fingerprint density at radius 2 is 1.17 bits per heavy atom. The number of amides is 3. The second-order valence-electron chi connectivity index (χ2n) is 6.50. The average Bonchev–Trinajstić information content (AvgIpc) is 3.34. The zero-order chi connectivity index (χ0) is 20.8. The molecule has 0 aliphatic carbocycles. The summed E-state index contributed by atoms with van der Waals surface area (Å²) in [6.45, 7) is 0. The minimum absolute atomic E-state index is 0.409. The Kier molecular flexibility index (Phi) is 5.57. The summed E-state index contributed by atoms with van der Waals surface area (Å²) in [4.78, 5) is 27.3. The first-order valence-electron chi connectivity index (χ1n) is 9.47. The molecule has 0 saturated heterocycles. The Labute approximate surface area is 174 Å². The number of urea groups is 1. The number of aromatic nitrogens is 1. The molecule has 0 aliphatic heterocycles. The fraction of sp³-hybridized carbons (Fsp3) is 0. The van der Waals surface area contributed by atoms with Crippen molar-refractivity contribution in [2.75, 3.05) is 4.90 Å². The van der Waals surface area contributed by atoms with E-state index in [0.29, 0.717) is 16.9 Å². The highest BCUT2D eigenvalue weighted by atomic mass is 16.2. The highest BCUT2D eigenvalue weighted by Gasteiger charge is 2.19. The van der Waals surface area contributed by atoms with Crippen molar-refractivity contribution in [2.45, 2.75) is 0 Å². The van der Waals surface area contributed by atoms with E-state index in [1.807, 2.05) is 102 Å². The topological polar surface area (TPSA) is 66.4 Å². The van der Waals surface area contributed by atoms with Crippen molar-refractivity contribution in [3.05, 3.63) is 115 Å². The van der Waals surface area contributed by atoms with E-state index in [1.165, 1.54) is 4.90 Å². The molecule has 0 saturated carbocycles. The number of benzene rings is 3. The number of carbonyl (C=O) groups is 2. The molecule has 148 valence electrons. The van der Waals surface area contributed by atoms with Crippen LogP contribution in [-0.2, 0) is 0 Å². The zero-order valence-electron chi connectivity index (χ0n) is 16.1. The summed E-state index contributed by atoms with van der Waals surface area (Å²) in [5.41, 5.74) is 7.59. The Morgan fingerprint density at radius 1 is 0.633 bits per heavy atom. The van der Waals surface area contributed by atoms with Crippen LogP contribution in [0.3, 0.4) is 0 Å². The van der Waals surface area contributed by atoms with Gasteiger partial charge in [0.25, 0.3) is 5.91 Å². The minimum Gasteiger partial charge on any atom is -0.323 e. The molecule has 0 atom stereocenters. The van der Waals surface area contributed by atoms with Crippen LogP contribution >= 0.6 is 0 Å². The molecule has 30 heavy (non-hydrogen) atoms. The van der Waals surface area contributed by atoms with Crippen LogP contribution in [0.25, 0.3) is 5.69 Å². The van der Waals surface area contributed by atoms with E-state index in [9.17, 15) is 9.59 Å². The van der Waals surface area contributed by atoms with Gasteiger partial charge in [-0.2, -0.15) is 0 Å². The standard InChI is InChI=1S/C24H20N4O2/c29-23(21-15-7-8-16-22(21)27-17-9-10-18-27)25-26-24(30)28(19-11-3-1-4-12-19)20-13-5-2-6-14-20/h1-18H,(H,25,29)(H,26,30). The van der Waals surface area contributed by atoms with E-state index in [1.54, 1.807) is 12.1 Å². The average molecular weight is 396 g/mol. The molecule has 0 fully saturated rings. The molecule has 1 aromatic heterocycles. The number of nitrogens with one attached hydrogen (secondary N) is 2. The van der Waals surface area contributed by atoms with Crippen LogP contribution in [0.15, 0.2) is 109 Å². The van der Waals surface area contributed by atoms with Gasteiger partial charge in [-0.05, 0) is 48.5 Å². The lowest BCUT2D eigenvalue weighted by atomic mass is 10.1. The molecule has 0 spiro atoms. The summed E-state index contributed by atoms with van der Waals surface area (Å²) in [6.07, 6.45) is 3.72. The van der Waals surface area contributed by atoms with Crippen molar-refractivity contribution in [1.82, 2.24) is 15.4 Å². The van der Waals surface area contributed by atoms with E-state index >= 15 is 0 Å². The van der Waals surface area contributed by atoms with E-state index in [0.717, 1.165) is 5.69 Å². The van der Waals surface area contributed by atoms with Crippen molar-refractivity contribution in [2.24, 2.45) is 0 Å². The minimum atomic E-state index is -0.473. The lowest BCUT2D eigenvalue weighted by Crippen LogP contribution is -2.47. The molecular formula is C24H20N4O2. The highest BCUT2D eigenvalue weighted by Crippen LogP contribution is 2.24. The van der Waals surface area contributed by atoms with Gasteiger partial charge >= 0.3 is 6.03 Å². The second kappa shape index (κ2) is 8.79. The van der Waals surface area contributed by atoms with Gasteiger partial charge in [-0.15, -0.1) is 0 Å². The number of para-hydroxylation sites is 3. The molecule has 2 N–H and O–H groups in total. The maximum absolute atomic E-state index is 13.0. The summed E-state index contributed by atoms with van der Waals surface area (Å²) in [6, 6.07) is 29.0. The SMILES string of the molecule is O=C(NNC(=O)N(c1ccccc1)c1ccccc1)c1ccccc1-n1cccc1.